The van der Waals surface area contributed by atoms with Crippen LogP contribution < -0.4 is 5.32 Å². The van der Waals surface area contributed by atoms with Crippen molar-refractivity contribution in [2.75, 3.05) is 20.1 Å². The third-order valence-corrected chi connectivity index (χ3v) is 2.04. The van der Waals surface area contributed by atoms with Crippen molar-refractivity contribution in [2.45, 2.75) is 33.3 Å². The summed E-state index contributed by atoms with van der Waals surface area (Å²) in [5.41, 5.74) is 0.00662. The summed E-state index contributed by atoms with van der Waals surface area (Å²) in [5, 5.41) is 20.0. The minimum Gasteiger partial charge on any atom is -0.479 e. The van der Waals surface area contributed by atoms with E-state index in [1.165, 1.54) is 4.90 Å². The summed E-state index contributed by atoms with van der Waals surface area (Å²) in [4.78, 5) is 23.4. The molecule has 100 valence electrons. The number of carbonyl (C=O) groups is 2. The molecule has 17 heavy (non-hydrogen) atoms. The topological polar surface area (TPSA) is 89.9 Å². The first-order valence-electron chi connectivity index (χ1n) is 5.53. The van der Waals surface area contributed by atoms with Gasteiger partial charge in [0.2, 0.25) is 0 Å². The summed E-state index contributed by atoms with van der Waals surface area (Å²) in [6, 6.07) is -0.266. The molecule has 0 aromatic carbocycles. The van der Waals surface area contributed by atoms with Crippen molar-refractivity contribution in [3.05, 3.63) is 0 Å². The molecule has 0 aliphatic carbocycles. The van der Waals surface area contributed by atoms with E-state index in [2.05, 4.69) is 5.32 Å². The minimum absolute atomic E-state index is 0.00440. The number of hydrogen-bond acceptors (Lipinski definition) is 3. The third kappa shape index (κ3) is 7.57. The molecule has 1 atom stereocenters. The van der Waals surface area contributed by atoms with E-state index in [9.17, 15) is 9.59 Å². The van der Waals surface area contributed by atoms with Crippen molar-refractivity contribution in [1.29, 1.82) is 0 Å². The summed E-state index contributed by atoms with van der Waals surface area (Å²) in [6.45, 7) is 6.79. The van der Waals surface area contributed by atoms with Crippen LogP contribution in [0.15, 0.2) is 0 Å². The molecule has 0 unspecified atom stereocenters. The number of aliphatic carboxylic acids is 1. The van der Waals surface area contributed by atoms with Crippen molar-refractivity contribution in [2.24, 2.45) is 5.41 Å². The van der Waals surface area contributed by atoms with Crippen LogP contribution in [0.2, 0.25) is 0 Å². The highest BCUT2D eigenvalue weighted by Gasteiger charge is 2.18. The van der Waals surface area contributed by atoms with Gasteiger partial charge in [0.15, 0.2) is 6.10 Å². The van der Waals surface area contributed by atoms with Gasteiger partial charge in [0.05, 0.1) is 0 Å². The Balaban J connectivity index is 3.91. The molecule has 0 aliphatic heterocycles. The van der Waals surface area contributed by atoms with Crippen molar-refractivity contribution in [1.82, 2.24) is 10.2 Å². The fourth-order valence-electron chi connectivity index (χ4n) is 1.36. The molecule has 0 radical (unpaired) electrons. The van der Waals surface area contributed by atoms with Crippen LogP contribution in [-0.4, -0.2) is 53.4 Å². The zero-order chi connectivity index (χ0) is 13.6. The molecule has 0 aromatic rings. The van der Waals surface area contributed by atoms with Crippen LogP contribution in [0, 0.1) is 5.41 Å². The van der Waals surface area contributed by atoms with Gasteiger partial charge in [-0.3, -0.25) is 0 Å². The molecule has 0 spiro atoms. The quantitative estimate of drug-likeness (QED) is 0.659. The van der Waals surface area contributed by atoms with Gasteiger partial charge >= 0.3 is 12.0 Å². The van der Waals surface area contributed by atoms with E-state index in [-0.39, 0.29) is 24.4 Å². The SMILES string of the molecule is CN(CC(C)(C)C)C(=O)NCC[C@H](O)C(=O)O. The molecule has 0 saturated heterocycles. The second-order valence-corrected chi connectivity index (χ2v) is 5.29. The van der Waals surface area contributed by atoms with Crippen LogP contribution in [0.25, 0.3) is 0 Å². The Bertz CT molecular complexity index is 273. The second kappa shape index (κ2) is 6.44. The number of nitrogens with zero attached hydrogens (tertiary/aromatic N) is 1. The van der Waals surface area contributed by atoms with Crippen LogP contribution in [0.5, 0.6) is 0 Å². The Kier molecular flexibility index (Phi) is 5.95. The highest BCUT2D eigenvalue weighted by Crippen LogP contribution is 2.13. The van der Waals surface area contributed by atoms with Crippen LogP contribution in [-0.2, 0) is 4.79 Å². The molecule has 0 aromatic heterocycles. The fourth-order valence-corrected chi connectivity index (χ4v) is 1.36. The summed E-state index contributed by atoms with van der Waals surface area (Å²) < 4.78 is 0. The largest absolute Gasteiger partial charge is 0.479 e. The van der Waals surface area contributed by atoms with Crippen LogP contribution in [0.1, 0.15) is 27.2 Å². The fraction of sp³-hybridized carbons (Fsp3) is 0.818. The molecule has 0 rings (SSSR count). The molecule has 2 amide bonds. The summed E-state index contributed by atoms with van der Waals surface area (Å²) >= 11 is 0. The molecule has 6 nitrogen and oxygen atoms in total. The van der Waals surface area contributed by atoms with Crippen LogP contribution >= 0.6 is 0 Å². The molecule has 0 fully saturated rings. The Labute approximate surface area is 102 Å². The first kappa shape index (κ1) is 15.7. The standard InChI is InChI=1S/C11H22N2O4/c1-11(2,3)7-13(4)10(17)12-6-5-8(14)9(15)16/h8,14H,5-7H2,1-4H3,(H,12,17)(H,15,16)/t8-/m0/s1. The number of nitrogens with one attached hydrogen (secondary N) is 1. The number of carboxylic acids is 1. The van der Waals surface area contributed by atoms with Crippen molar-refractivity contribution >= 4 is 12.0 Å². The third-order valence-electron chi connectivity index (χ3n) is 2.04. The second-order valence-electron chi connectivity index (χ2n) is 5.29. The van der Waals surface area contributed by atoms with Crippen molar-refractivity contribution in [3.8, 4) is 0 Å². The lowest BCUT2D eigenvalue weighted by Gasteiger charge is -2.26. The van der Waals surface area contributed by atoms with Gasteiger partial charge in [0, 0.05) is 26.6 Å². The predicted molar refractivity (Wildman–Crippen MR) is 63.7 cm³/mol. The van der Waals surface area contributed by atoms with Gasteiger partial charge in [-0.2, -0.15) is 0 Å². The van der Waals surface area contributed by atoms with E-state index in [1.807, 2.05) is 20.8 Å². The van der Waals surface area contributed by atoms with Gasteiger partial charge in [-0.25, -0.2) is 9.59 Å². The van der Waals surface area contributed by atoms with Crippen LogP contribution in [0.4, 0.5) is 4.79 Å². The normalized spacial score (nSPS) is 13.0. The van der Waals surface area contributed by atoms with Gasteiger partial charge in [-0.05, 0) is 5.41 Å². The summed E-state index contributed by atoms with van der Waals surface area (Å²) in [5.74, 6) is -1.28. The van der Waals surface area contributed by atoms with Crippen molar-refractivity contribution < 1.29 is 19.8 Å². The smallest absolute Gasteiger partial charge is 0.332 e. The van der Waals surface area contributed by atoms with Gasteiger partial charge in [0.25, 0.3) is 0 Å². The number of aliphatic hydroxyl groups excluding tert-OH is 1. The molecular weight excluding hydrogens is 224 g/mol. The highest BCUT2D eigenvalue weighted by molar-refractivity contribution is 5.74. The number of carboxylic acid groups (broad SMARTS) is 1. The van der Waals surface area contributed by atoms with Gasteiger partial charge in [-0.1, -0.05) is 20.8 Å². The van der Waals surface area contributed by atoms with E-state index in [1.54, 1.807) is 7.05 Å². The molecule has 0 bridgehead atoms. The first-order chi connectivity index (χ1) is 7.63. The molecule has 0 aliphatic rings. The van der Waals surface area contributed by atoms with Gasteiger partial charge in [0.1, 0.15) is 0 Å². The average molecular weight is 246 g/mol. The number of urea groups is 1. The molecular formula is C11H22N2O4. The van der Waals surface area contributed by atoms with Gasteiger partial charge in [-0.15, -0.1) is 0 Å². The number of carbonyl (C=O) groups excluding carboxylic acids is 1. The van der Waals surface area contributed by atoms with E-state index in [0.717, 1.165) is 0 Å². The zero-order valence-electron chi connectivity index (χ0n) is 10.9. The highest BCUT2D eigenvalue weighted by atomic mass is 16.4. The van der Waals surface area contributed by atoms with Crippen LogP contribution in [0.3, 0.4) is 0 Å². The minimum atomic E-state index is -1.43. The van der Waals surface area contributed by atoms with Gasteiger partial charge < -0.3 is 20.4 Å². The lowest BCUT2D eigenvalue weighted by Crippen LogP contribution is -2.42. The van der Waals surface area contributed by atoms with E-state index in [0.29, 0.717) is 6.54 Å². The number of amides is 2. The summed E-state index contributed by atoms with van der Waals surface area (Å²) in [7, 11) is 1.67. The monoisotopic (exact) mass is 246 g/mol. The van der Waals surface area contributed by atoms with Crippen molar-refractivity contribution in [3.63, 3.8) is 0 Å². The van der Waals surface area contributed by atoms with E-state index < -0.39 is 12.1 Å². The molecule has 6 heteroatoms. The number of rotatable bonds is 5. The molecule has 0 heterocycles. The maximum atomic E-state index is 11.6. The first-order valence-corrected chi connectivity index (χ1v) is 5.53. The summed E-state index contributed by atoms with van der Waals surface area (Å²) in [6.07, 6.45) is -1.42. The Morgan fingerprint density at radius 3 is 2.29 bits per heavy atom. The molecule has 0 saturated carbocycles. The number of aliphatic hydroxyl groups is 1. The predicted octanol–water partition coefficient (Wildman–Crippen LogP) is 0.509. The van der Waals surface area contributed by atoms with E-state index >= 15 is 0 Å². The number of hydrogen-bond donors (Lipinski definition) is 3. The maximum absolute atomic E-state index is 11.6. The van der Waals surface area contributed by atoms with E-state index in [4.69, 9.17) is 10.2 Å². The Hall–Kier alpha value is -1.30. The maximum Gasteiger partial charge on any atom is 0.332 e. The Morgan fingerprint density at radius 2 is 1.88 bits per heavy atom. The molecule has 3 N–H and O–H groups in total. The Morgan fingerprint density at radius 1 is 1.35 bits per heavy atom. The average Bonchev–Trinajstić information content (AvgIpc) is 2.14. The lowest BCUT2D eigenvalue weighted by atomic mass is 9.96. The lowest BCUT2D eigenvalue weighted by molar-refractivity contribution is -0.146. The zero-order valence-corrected chi connectivity index (χ0v) is 10.9.